The summed E-state index contributed by atoms with van der Waals surface area (Å²) in [5.41, 5.74) is 1.27. The lowest BCUT2D eigenvalue weighted by Crippen LogP contribution is -2.38. The lowest BCUT2D eigenvalue weighted by atomic mass is 9.86. The van der Waals surface area contributed by atoms with Gasteiger partial charge in [-0.15, -0.1) is 10.2 Å². The van der Waals surface area contributed by atoms with Crippen molar-refractivity contribution in [2.24, 2.45) is 13.0 Å². The Hall–Kier alpha value is -1.86. The van der Waals surface area contributed by atoms with E-state index < -0.39 is 0 Å². The lowest BCUT2D eigenvalue weighted by Gasteiger charge is -2.32. The van der Waals surface area contributed by atoms with Gasteiger partial charge in [0, 0.05) is 32.4 Å². The first-order valence-electron chi connectivity index (χ1n) is 10.6. The smallest absolute Gasteiger partial charge is 0.226 e. The zero-order chi connectivity index (χ0) is 20.2. The van der Waals surface area contributed by atoms with Crippen LogP contribution >= 0.6 is 11.8 Å². The molecule has 2 aliphatic rings. The molecule has 156 valence electrons. The van der Waals surface area contributed by atoms with E-state index in [1.165, 1.54) is 5.56 Å². The Bertz CT molecular complexity index is 817. The van der Waals surface area contributed by atoms with E-state index in [9.17, 15) is 4.79 Å². The quantitative estimate of drug-likeness (QED) is 0.669. The number of benzene rings is 1. The van der Waals surface area contributed by atoms with Crippen LogP contribution in [0, 0.1) is 5.92 Å². The van der Waals surface area contributed by atoms with Crippen molar-refractivity contribution in [1.29, 1.82) is 0 Å². The van der Waals surface area contributed by atoms with Crippen molar-refractivity contribution < 1.29 is 9.53 Å². The first-order chi connectivity index (χ1) is 14.2. The van der Waals surface area contributed by atoms with Gasteiger partial charge in [0.2, 0.25) is 5.91 Å². The molecule has 29 heavy (non-hydrogen) atoms. The first-order valence-corrected chi connectivity index (χ1v) is 11.5. The van der Waals surface area contributed by atoms with Crippen molar-refractivity contribution in [2.75, 3.05) is 13.7 Å². The molecule has 1 aliphatic carbocycles. The van der Waals surface area contributed by atoms with E-state index in [0.717, 1.165) is 61.8 Å². The molecule has 0 spiro atoms. The van der Waals surface area contributed by atoms with Gasteiger partial charge in [-0.3, -0.25) is 4.79 Å². The van der Waals surface area contributed by atoms with E-state index in [4.69, 9.17) is 4.74 Å². The van der Waals surface area contributed by atoms with E-state index in [1.807, 2.05) is 13.1 Å². The van der Waals surface area contributed by atoms with E-state index in [2.05, 4.69) is 43.9 Å². The Morgan fingerprint density at radius 2 is 1.90 bits per heavy atom. The molecule has 1 amide bonds. The predicted octanol–water partition coefficient (Wildman–Crippen LogP) is 3.98. The van der Waals surface area contributed by atoms with Crippen LogP contribution in [0.15, 0.2) is 35.5 Å². The van der Waals surface area contributed by atoms with Crippen molar-refractivity contribution in [2.45, 2.75) is 61.6 Å². The Morgan fingerprint density at radius 3 is 2.62 bits per heavy atom. The number of thioether (sulfide) groups is 1. The summed E-state index contributed by atoms with van der Waals surface area (Å²) in [6.07, 6.45) is 6.13. The summed E-state index contributed by atoms with van der Waals surface area (Å²) in [5, 5.41) is 9.82. The second-order valence-corrected chi connectivity index (χ2v) is 9.02. The first kappa shape index (κ1) is 20.4. The zero-order valence-corrected chi connectivity index (χ0v) is 18.1. The van der Waals surface area contributed by atoms with Crippen LogP contribution in [0.5, 0.6) is 0 Å². The number of carbonyl (C=O) groups is 1. The highest BCUT2D eigenvalue weighted by Gasteiger charge is 2.37. The molecule has 2 heterocycles. The number of hydrogen-bond donors (Lipinski definition) is 0. The number of amides is 1. The number of hydrogen-bond acceptors (Lipinski definition) is 5. The van der Waals surface area contributed by atoms with Gasteiger partial charge in [-0.05, 0) is 44.1 Å². The predicted molar refractivity (Wildman–Crippen MR) is 113 cm³/mol. The molecule has 1 aliphatic heterocycles. The Kier molecular flexibility index (Phi) is 6.55. The van der Waals surface area contributed by atoms with Crippen molar-refractivity contribution >= 4 is 17.7 Å². The summed E-state index contributed by atoms with van der Waals surface area (Å²) in [6.45, 7) is 0.826. The molecule has 1 aromatic heterocycles. The molecule has 0 N–H and O–H groups in total. The van der Waals surface area contributed by atoms with Gasteiger partial charge in [0.25, 0.3) is 0 Å². The molecule has 2 aromatic rings. The Balaban J connectivity index is 1.42. The monoisotopic (exact) mass is 414 g/mol. The van der Waals surface area contributed by atoms with Crippen LogP contribution in [0.1, 0.15) is 56.0 Å². The number of nitrogens with zero attached hydrogens (tertiary/aromatic N) is 4. The fourth-order valence-electron chi connectivity index (χ4n) is 4.54. The number of ether oxygens (including phenoxy) is 1. The SMILES string of the molecule is COC1CCC(C(=O)N2CCC[C@H]2c2nnc(SCc3ccccc3)n2C)CC1. The van der Waals surface area contributed by atoms with Crippen molar-refractivity contribution in [3.63, 3.8) is 0 Å². The summed E-state index contributed by atoms with van der Waals surface area (Å²) >= 11 is 1.69. The zero-order valence-electron chi connectivity index (χ0n) is 17.3. The molecule has 7 heteroatoms. The van der Waals surface area contributed by atoms with Crippen LogP contribution in [0.25, 0.3) is 0 Å². The maximum absolute atomic E-state index is 13.2. The molecular weight excluding hydrogens is 384 g/mol. The highest BCUT2D eigenvalue weighted by Crippen LogP contribution is 2.36. The Morgan fingerprint density at radius 1 is 1.14 bits per heavy atom. The summed E-state index contributed by atoms with van der Waals surface area (Å²) in [5.74, 6) is 2.20. The molecule has 1 aromatic carbocycles. The second kappa shape index (κ2) is 9.30. The van der Waals surface area contributed by atoms with E-state index in [1.54, 1.807) is 18.9 Å². The number of likely N-dealkylation sites (tertiary alicyclic amines) is 1. The van der Waals surface area contributed by atoms with E-state index >= 15 is 0 Å². The number of rotatable bonds is 6. The minimum atomic E-state index is 0.0474. The van der Waals surface area contributed by atoms with Gasteiger partial charge >= 0.3 is 0 Å². The molecule has 0 radical (unpaired) electrons. The largest absolute Gasteiger partial charge is 0.381 e. The average molecular weight is 415 g/mol. The highest BCUT2D eigenvalue weighted by atomic mass is 32.2. The standard InChI is InChI=1S/C22H30N4O2S/c1-25-20(23-24-22(25)29-15-16-7-4-3-5-8-16)19-9-6-14-26(19)21(27)17-10-12-18(28-2)13-11-17/h3-5,7-8,17-19H,6,9-15H2,1-2H3/t17?,18?,19-/m0/s1. The molecule has 1 saturated heterocycles. The molecule has 1 atom stereocenters. The average Bonchev–Trinajstić information content (AvgIpc) is 3.39. The molecule has 2 fully saturated rings. The molecule has 0 bridgehead atoms. The fraction of sp³-hybridized carbons (Fsp3) is 0.591. The summed E-state index contributed by atoms with van der Waals surface area (Å²) in [6, 6.07) is 10.4. The van der Waals surface area contributed by atoms with Crippen LogP contribution in [-0.4, -0.2) is 45.3 Å². The fourth-order valence-corrected chi connectivity index (χ4v) is 5.42. The number of carbonyl (C=O) groups excluding carboxylic acids is 1. The van der Waals surface area contributed by atoms with E-state index in [0.29, 0.717) is 12.0 Å². The van der Waals surface area contributed by atoms with E-state index in [-0.39, 0.29) is 12.0 Å². The summed E-state index contributed by atoms with van der Waals surface area (Å²) in [7, 11) is 3.79. The van der Waals surface area contributed by atoms with Gasteiger partial charge in [0.05, 0.1) is 12.1 Å². The third-order valence-corrected chi connectivity index (χ3v) is 7.36. The number of methoxy groups -OCH3 is 1. The van der Waals surface area contributed by atoms with Crippen molar-refractivity contribution in [3.8, 4) is 0 Å². The topological polar surface area (TPSA) is 60.2 Å². The number of aromatic nitrogens is 3. The van der Waals surface area contributed by atoms with Crippen LogP contribution in [-0.2, 0) is 22.3 Å². The van der Waals surface area contributed by atoms with Gasteiger partial charge in [0.15, 0.2) is 11.0 Å². The van der Waals surface area contributed by atoms with Gasteiger partial charge in [-0.1, -0.05) is 42.1 Å². The van der Waals surface area contributed by atoms with Crippen LogP contribution in [0.4, 0.5) is 0 Å². The summed E-state index contributed by atoms with van der Waals surface area (Å²) in [4.78, 5) is 15.3. The normalized spacial score (nSPS) is 24.8. The molecular formula is C22H30N4O2S. The maximum Gasteiger partial charge on any atom is 0.226 e. The van der Waals surface area contributed by atoms with Gasteiger partial charge in [-0.25, -0.2) is 0 Å². The molecule has 0 unspecified atom stereocenters. The van der Waals surface area contributed by atoms with Crippen LogP contribution < -0.4 is 0 Å². The van der Waals surface area contributed by atoms with Crippen molar-refractivity contribution in [1.82, 2.24) is 19.7 Å². The summed E-state index contributed by atoms with van der Waals surface area (Å²) < 4.78 is 7.53. The Labute approximate surface area is 177 Å². The van der Waals surface area contributed by atoms with Crippen LogP contribution in [0.3, 0.4) is 0 Å². The maximum atomic E-state index is 13.2. The van der Waals surface area contributed by atoms with Crippen LogP contribution in [0.2, 0.25) is 0 Å². The highest BCUT2D eigenvalue weighted by molar-refractivity contribution is 7.98. The van der Waals surface area contributed by atoms with Gasteiger partial charge < -0.3 is 14.2 Å². The van der Waals surface area contributed by atoms with Crippen molar-refractivity contribution in [3.05, 3.63) is 41.7 Å². The third-order valence-electron chi connectivity index (χ3n) is 6.27. The molecule has 4 rings (SSSR count). The third kappa shape index (κ3) is 4.51. The lowest BCUT2D eigenvalue weighted by molar-refractivity contribution is -0.138. The minimum Gasteiger partial charge on any atom is -0.381 e. The van der Waals surface area contributed by atoms with Gasteiger partial charge in [0.1, 0.15) is 0 Å². The minimum absolute atomic E-state index is 0.0474. The molecule has 6 nitrogen and oxygen atoms in total. The molecule has 1 saturated carbocycles. The second-order valence-electron chi connectivity index (χ2n) is 8.07. The van der Waals surface area contributed by atoms with Gasteiger partial charge in [-0.2, -0.15) is 0 Å².